The van der Waals surface area contributed by atoms with Gasteiger partial charge in [-0.15, -0.1) is 11.3 Å². The van der Waals surface area contributed by atoms with Crippen molar-refractivity contribution >= 4 is 27.4 Å². The second-order valence-corrected chi connectivity index (χ2v) is 6.41. The normalized spacial score (nSPS) is 12.3. The van der Waals surface area contributed by atoms with Gasteiger partial charge in [-0.1, -0.05) is 19.1 Å². The molecule has 0 fully saturated rings. The lowest BCUT2D eigenvalue weighted by molar-refractivity contribution is 0.414. The predicted octanol–water partition coefficient (Wildman–Crippen LogP) is 4.57. The summed E-state index contributed by atoms with van der Waals surface area (Å²) in [5, 5.41) is 4.65. The molecule has 114 valence electrons. The molecule has 0 saturated heterocycles. The summed E-state index contributed by atoms with van der Waals surface area (Å²) in [7, 11) is 1.68. The van der Waals surface area contributed by atoms with Gasteiger partial charge < -0.3 is 10.1 Å². The van der Waals surface area contributed by atoms with Crippen molar-refractivity contribution in [2.24, 2.45) is 0 Å². The third kappa shape index (κ3) is 2.90. The number of rotatable bonds is 5. The Labute approximate surface area is 134 Å². The van der Waals surface area contributed by atoms with Gasteiger partial charge in [-0.3, -0.25) is 0 Å². The predicted molar refractivity (Wildman–Crippen MR) is 91.8 cm³/mol. The lowest BCUT2D eigenvalue weighted by atomic mass is 10.0. The van der Waals surface area contributed by atoms with Crippen molar-refractivity contribution in [3.05, 3.63) is 47.1 Å². The summed E-state index contributed by atoms with van der Waals surface area (Å²) in [6, 6.07) is 10.5. The third-order valence-corrected chi connectivity index (χ3v) is 4.65. The highest BCUT2D eigenvalue weighted by molar-refractivity contribution is 7.18. The SMILES string of the molecule is CCC(Nc1ncnc2sc(C)cc12)c1ccc(OC)cc1. The van der Waals surface area contributed by atoms with Gasteiger partial charge in [0.15, 0.2) is 0 Å². The van der Waals surface area contributed by atoms with Crippen LogP contribution in [0.4, 0.5) is 5.82 Å². The van der Waals surface area contributed by atoms with Gasteiger partial charge in [0.2, 0.25) is 0 Å². The zero-order valence-electron chi connectivity index (χ0n) is 13.0. The average Bonchev–Trinajstić information content (AvgIpc) is 2.93. The van der Waals surface area contributed by atoms with Crippen molar-refractivity contribution < 1.29 is 4.74 Å². The van der Waals surface area contributed by atoms with Crippen LogP contribution in [-0.4, -0.2) is 17.1 Å². The Balaban J connectivity index is 1.90. The first-order chi connectivity index (χ1) is 10.7. The van der Waals surface area contributed by atoms with Gasteiger partial charge in [-0.25, -0.2) is 9.97 Å². The Morgan fingerprint density at radius 3 is 2.68 bits per heavy atom. The molecule has 3 rings (SSSR count). The molecule has 2 heterocycles. The molecule has 5 heteroatoms. The molecule has 1 unspecified atom stereocenters. The van der Waals surface area contributed by atoms with E-state index in [2.05, 4.69) is 47.3 Å². The Morgan fingerprint density at radius 1 is 1.23 bits per heavy atom. The molecule has 1 N–H and O–H groups in total. The third-order valence-electron chi connectivity index (χ3n) is 3.69. The molecule has 0 radical (unpaired) electrons. The van der Waals surface area contributed by atoms with E-state index in [4.69, 9.17) is 4.74 Å². The van der Waals surface area contributed by atoms with Crippen LogP contribution >= 0.6 is 11.3 Å². The van der Waals surface area contributed by atoms with Gasteiger partial charge in [0, 0.05) is 4.88 Å². The lowest BCUT2D eigenvalue weighted by Crippen LogP contribution is -2.11. The van der Waals surface area contributed by atoms with Crippen molar-refractivity contribution in [2.45, 2.75) is 26.3 Å². The Hall–Kier alpha value is -2.14. The minimum absolute atomic E-state index is 0.212. The van der Waals surface area contributed by atoms with E-state index in [1.165, 1.54) is 10.4 Å². The first-order valence-electron chi connectivity index (χ1n) is 7.33. The molecule has 3 aromatic rings. The molecule has 0 bridgehead atoms. The second-order valence-electron chi connectivity index (χ2n) is 5.18. The molecule has 0 spiro atoms. The number of hydrogen-bond acceptors (Lipinski definition) is 5. The molecular weight excluding hydrogens is 294 g/mol. The fourth-order valence-corrected chi connectivity index (χ4v) is 3.36. The standard InChI is InChI=1S/C17H19N3OS/c1-4-15(12-5-7-13(21-3)8-6-12)20-16-14-9-11(2)22-17(14)19-10-18-16/h5-10,15H,4H2,1-3H3,(H,18,19,20). The van der Waals surface area contributed by atoms with Gasteiger partial charge in [0.05, 0.1) is 18.5 Å². The van der Waals surface area contributed by atoms with Crippen LogP contribution in [0.2, 0.25) is 0 Å². The molecule has 2 aromatic heterocycles. The van der Waals surface area contributed by atoms with Crippen molar-refractivity contribution in [1.82, 2.24) is 9.97 Å². The molecule has 1 aromatic carbocycles. The van der Waals surface area contributed by atoms with Gasteiger partial charge in [-0.2, -0.15) is 0 Å². The second kappa shape index (κ2) is 6.32. The number of hydrogen-bond donors (Lipinski definition) is 1. The van der Waals surface area contributed by atoms with E-state index in [-0.39, 0.29) is 6.04 Å². The van der Waals surface area contributed by atoms with Crippen LogP contribution in [-0.2, 0) is 0 Å². The number of aromatic nitrogens is 2. The molecule has 22 heavy (non-hydrogen) atoms. The van der Waals surface area contributed by atoms with Crippen molar-refractivity contribution in [2.75, 3.05) is 12.4 Å². The summed E-state index contributed by atoms with van der Waals surface area (Å²) >= 11 is 1.69. The number of benzene rings is 1. The minimum Gasteiger partial charge on any atom is -0.497 e. The summed E-state index contributed by atoms with van der Waals surface area (Å²) in [4.78, 5) is 11.0. The molecule has 4 nitrogen and oxygen atoms in total. The van der Waals surface area contributed by atoms with E-state index >= 15 is 0 Å². The monoisotopic (exact) mass is 313 g/mol. The Bertz CT molecular complexity index is 767. The number of nitrogens with one attached hydrogen (secondary N) is 1. The topological polar surface area (TPSA) is 47.0 Å². The fraction of sp³-hybridized carbons (Fsp3) is 0.294. The van der Waals surface area contributed by atoms with Crippen LogP contribution in [0.25, 0.3) is 10.2 Å². The molecule has 1 atom stereocenters. The van der Waals surface area contributed by atoms with Crippen LogP contribution in [0, 0.1) is 6.92 Å². The van der Waals surface area contributed by atoms with E-state index in [0.717, 1.165) is 28.2 Å². The summed E-state index contributed by atoms with van der Waals surface area (Å²) in [5.41, 5.74) is 1.22. The van der Waals surface area contributed by atoms with Gasteiger partial charge in [0.25, 0.3) is 0 Å². The number of nitrogens with zero attached hydrogens (tertiary/aromatic N) is 2. The molecule has 0 aliphatic carbocycles. The van der Waals surface area contributed by atoms with Crippen LogP contribution in [0.15, 0.2) is 36.7 Å². The van der Waals surface area contributed by atoms with Crippen molar-refractivity contribution in [3.8, 4) is 5.75 Å². The van der Waals surface area contributed by atoms with Crippen LogP contribution < -0.4 is 10.1 Å². The van der Waals surface area contributed by atoms with E-state index in [9.17, 15) is 0 Å². The number of anilines is 1. The molecule has 0 aliphatic heterocycles. The van der Waals surface area contributed by atoms with Crippen LogP contribution in [0.5, 0.6) is 5.75 Å². The molecule has 0 amide bonds. The summed E-state index contributed by atoms with van der Waals surface area (Å²) in [6.07, 6.45) is 2.60. The highest BCUT2D eigenvalue weighted by Gasteiger charge is 2.13. The highest BCUT2D eigenvalue weighted by atomic mass is 32.1. The first-order valence-corrected chi connectivity index (χ1v) is 8.14. The molecular formula is C17H19N3OS. The van der Waals surface area contributed by atoms with E-state index < -0.39 is 0 Å². The number of thiophene rings is 1. The maximum Gasteiger partial charge on any atom is 0.138 e. The van der Waals surface area contributed by atoms with Gasteiger partial charge in [0.1, 0.15) is 22.7 Å². The van der Waals surface area contributed by atoms with E-state index in [1.807, 2.05) is 12.1 Å². The summed E-state index contributed by atoms with van der Waals surface area (Å²) in [6.45, 7) is 4.26. The summed E-state index contributed by atoms with van der Waals surface area (Å²) in [5.74, 6) is 1.77. The quantitative estimate of drug-likeness (QED) is 0.749. The first kappa shape index (κ1) is 14.8. The van der Waals surface area contributed by atoms with Gasteiger partial charge >= 0.3 is 0 Å². The lowest BCUT2D eigenvalue weighted by Gasteiger charge is -2.18. The zero-order chi connectivity index (χ0) is 15.5. The van der Waals surface area contributed by atoms with Crippen LogP contribution in [0.1, 0.15) is 29.8 Å². The Morgan fingerprint density at radius 2 is 2.00 bits per heavy atom. The fourth-order valence-electron chi connectivity index (χ4n) is 2.51. The number of fused-ring (bicyclic) bond motifs is 1. The minimum atomic E-state index is 0.212. The number of aryl methyl sites for hydroxylation is 1. The maximum absolute atomic E-state index is 5.22. The summed E-state index contributed by atoms with van der Waals surface area (Å²) < 4.78 is 5.22. The van der Waals surface area contributed by atoms with E-state index in [1.54, 1.807) is 24.8 Å². The number of methoxy groups -OCH3 is 1. The zero-order valence-corrected chi connectivity index (χ0v) is 13.8. The highest BCUT2D eigenvalue weighted by Crippen LogP contribution is 2.31. The largest absolute Gasteiger partial charge is 0.497 e. The number of ether oxygens (including phenoxy) is 1. The average molecular weight is 313 g/mol. The molecule has 0 aliphatic rings. The maximum atomic E-state index is 5.22. The van der Waals surface area contributed by atoms with E-state index in [0.29, 0.717) is 0 Å². The Kier molecular flexibility index (Phi) is 4.24. The van der Waals surface area contributed by atoms with Crippen molar-refractivity contribution in [3.63, 3.8) is 0 Å². The smallest absolute Gasteiger partial charge is 0.138 e. The van der Waals surface area contributed by atoms with Crippen LogP contribution in [0.3, 0.4) is 0 Å². The molecule has 0 saturated carbocycles. The van der Waals surface area contributed by atoms with Gasteiger partial charge in [-0.05, 0) is 37.1 Å². The van der Waals surface area contributed by atoms with Crippen molar-refractivity contribution in [1.29, 1.82) is 0 Å².